The minimum absolute atomic E-state index is 0. The summed E-state index contributed by atoms with van der Waals surface area (Å²) in [5, 5.41) is 3.44. The molecule has 0 heterocycles. The van der Waals surface area contributed by atoms with Gasteiger partial charge in [-0.05, 0) is 56.8 Å². The first-order chi connectivity index (χ1) is 10.1. The van der Waals surface area contributed by atoms with Crippen LogP contribution in [0.25, 0.3) is 0 Å². The summed E-state index contributed by atoms with van der Waals surface area (Å²) in [6, 6.07) is 0.727. The van der Waals surface area contributed by atoms with Crippen molar-refractivity contribution >= 4 is 18.3 Å². The molecule has 0 saturated heterocycles. The van der Waals surface area contributed by atoms with E-state index in [0.717, 1.165) is 32.1 Å². The third kappa shape index (κ3) is 3.44. The van der Waals surface area contributed by atoms with E-state index in [2.05, 4.69) is 5.32 Å². The summed E-state index contributed by atoms with van der Waals surface area (Å²) in [5.74, 6) is 1.51. The van der Waals surface area contributed by atoms with Gasteiger partial charge in [0, 0.05) is 25.8 Å². The van der Waals surface area contributed by atoms with Crippen LogP contribution in [0.3, 0.4) is 0 Å². The van der Waals surface area contributed by atoms with E-state index in [-0.39, 0.29) is 17.8 Å². The Morgan fingerprint density at radius 2 is 1.86 bits per heavy atom. The zero-order valence-electron chi connectivity index (χ0n) is 13.7. The molecule has 3 aliphatic carbocycles. The molecular formula is C17H31ClN2O2. The minimum atomic E-state index is -0.135. The number of hydrogen-bond donors (Lipinski definition) is 2. The number of nitrogens with two attached hydrogens (primary N) is 1. The van der Waals surface area contributed by atoms with Crippen LogP contribution in [0, 0.1) is 17.3 Å². The van der Waals surface area contributed by atoms with Gasteiger partial charge >= 0.3 is 0 Å². The SMILES string of the molecule is COCCC1(C(=O)NC2C3CCCC2CC(N)C3)CCC1.Cl. The van der Waals surface area contributed by atoms with E-state index < -0.39 is 0 Å². The highest BCUT2D eigenvalue weighted by atomic mass is 35.5. The summed E-state index contributed by atoms with van der Waals surface area (Å²) in [6.45, 7) is 0.690. The first-order valence-corrected chi connectivity index (χ1v) is 8.70. The van der Waals surface area contributed by atoms with Gasteiger partial charge in [0.05, 0.1) is 5.41 Å². The van der Waals surface area contributed by atoms with Crippen molar-refractivity contribution in [3.63, 3.8) is 0 Å². The number of amides is 1. The van der Waals surface area contributed by atoms with Crippen molar-refractivity contribution < 1.29 is 9.53 Å². The molecule has 0 aliphatic heterocycles. The van der Waals surface area contributed by atoms with Crippen LogP contribution in [-0.4, -0.2) is 31.7 Å². The monoisotopic (exact) mass is 330 g/mol. The molecule has 4 nitrogen and oxygen atoms in total. The van der Waals surface area contributed by atoms with E-state index in [1.807, 2.05) is 0 Å². The Kier molecular flexibility index (Phi) is 6.14. The Bertz CT molecular complexity index is 373. The molecule has 3 fully saturated rings. The number of carbonyl (C=O) groups is 1. The number of halogens is 1. The summed E-state index contributed by atoms with van der Waals surface area (Å²) in [5.41, 5.74) is 6.04. The lowest BCUT2D eigenvalue weighted by Crippen LogP contribution is -2.57. The Morgan fingerprint density at radius 1 is 1.23 bits per heavy atom. The lowest BCUT2D eigenvalue weighted by atomic mass is 9.64. The molecule has 5 heteroatoms. The van der Waals surface area contributed by atoms with Crippen molar-refractivity contribution in [2.75, 3.05) is 13.7 Å². The topological polar surface area (TPSA) is 64.3 Å². The fourth-order valence-corrected chi connectivity index (χ4v) is 4.82. The molecule has 3 rings (SSSR count). The fraction of sp³-hybridized carbons (Fsp3) is 0.941. The highest BCUT2D eigenvalue weighted by Gasteiger charge is 2.47. The lowest BCUT2D eigenvalue weighted by molar-refractivity contribution is -0.140. The van der Waals surface area contributed by atoms with Gasteiger partial charge in [0.1, 0.15) is 0 Å². The standard InChI is InChI=1S/C17H30N2O2.ClH/c1-21-9-8-17(6-3-7-17)16(20)19-15-12-4-2-5-13(15)11-14(18)10-12;/h12-15H,2-11,18H2,1H3,(H,19,20);1H. The second kappa shape index (κ2) is 7.50. The molecule has 3 aliphatic rings. The number of ether oxygens (including phenoxy) is 1. The third-order valence-electron chi connectivity index (χ3n) is 6.25. The zero-order chi connectivity index (χ0) is 14.9. The maximum atomic E-state index is 12.8. The van der Waals surface area contributed by atoms with Gasteiger partial charge < -0.3 is 15.8 Å². The summed E-state index contributed by atoms with van der Waals surface area (Å²) >= 11 is 0. The molecule has 2 bridgehead atoms. The molecule has 1 amide bonds. The van der Waals surface area contributed by atoms with E-state index in [4.69, 9.17) is 10.5 Å². The Morgan fingerprint density at radius 3 is 2.36 bits per heavy atom. The molecule has 3 saturated carbocycles. The van der Waals surface area contributed by atoms with Crippen LogP contribution in [0.15, 0.2) is 0 Å². The summed E-state index contributed by atoms with van der Waals surface area (Å²) < 4.78 is 5.21. The molecule has 0 radical (unpaired) electrons. The molecule has 2 unspecified atom stereocenters. The average Bonchev–Trinajstić information content (AvgIpc) is 2.39. The molecule has 0 spiro atoms. The Balaban J connectivity index is 0.00000176. The number of methoxy groups -OCH3 is 1. The number of nitrogens with one attached hydrogen (secondary N) is 1. The van der Waals surface area contributed by atoms with Crippen LogP contribution in [0.5, 0.6) is 0 Å². The number of fused-ring (bicyclic) bond motifs is 2. The van der Waals surface area contributed by atoms with E-state index >= 15 is 0 Å². The fourth-order valence-electron chi connectivity index (χ4n) is 4.82. The molecule has 22 heavy (non-hydrogen) atoms. The Hall–Kier alpha value is -0.320. The number of carbonyl (C=O) groups excluding carboxylic acids is 1. The quantitative estimate of drug-likeness (QED) is 0.814. The number of rotatable bonds is 5. The van der Waals surface area contributed by atoms with Gasteiger partial charge in [-0.2, -0.15) is 0 Å². The molecule has 0 aromatic rings. The van der Waals surface area contributed by atoms with Crippen molar-refractivity contribution in [2.24, 2.45) is 23.0 Å². The van der Waals surface area contributed by atoms with Crippen molar-refractivity contribution in [3.8, 4) is 0 Å². The first-order valence-electron chi connectivity index (χ1n) is 8.70. The predicted molar refractivity (Wildman–Crippen MR) is 90.0 cm³/mol. The van der Waals surface area contributed by atoms with Gasteiger partial charge in [0.2, 0.25) is 5.91 Å². The zero-order valence-corrected chi connectivity index (χ0v) is 14.5. The summed E-state index contributed by atoms with van der Waals surface area (Å²) in [6.07, 6.45) is 10.1. The van der Waals surface area contributed by atoms with Crippen molar-refractivity contribution in [3.05, 3.63) is 0 Å². The molecule has 2 atom stereocenters. The van der Waals surface area contributed by atoms with Gasteiger partial charge in [-0.3, -0.25) is 4.79 Å². The minimum Gasteiger partial charge on any atom is -0.385 e. The molecular weight excluding hydrogens is 300 g/mol. The highest BCUT2D eigenvalue weighted by Crippen LogP contribution is 2.46. The van der Waals surface area contributed by atoms with E-state index in [1.54, 1.807) is 7.11 Å². The molecule has 0 aromatic carbocycles. The summed E-state index contributed by atoms with van der Waals surface area (Å²) in [7, 11) is 1.72. The maximum Gasteiger partial charge on any atom is 0.226 e. The van der Waals surface area contributed by atoms with Gasteiger partial charge in [0.25, 0.3) is 0 Å². The smallest absolute Gasteiger partial charge is 0.226 e. The van der Waals surface area contributed by atoms with Crippen molar-refractivity contribution in [2.45, 2.75) is 69.9 Å². The lowest BCUT2D eigenvalue weighted by Gasteiger charge is -2.48. The van der Waals surface area contributed by atoms with Gasteiger partial charge in [-0.1, -0.05) is 12.8 Å². The largest absolute Gasteiger partial charge is 0.385 e. The van der Waals surface area contributed by atoms with Gasteiger partial charge in [-0.25, -0.2) is 0 Å². The maximum absolute atomic E-state index is 12.8. The second-order valence-corrected chi connectivity index (χ2v) is 7.56. The van der Waals surface area contributed by atoms with Crippen LogP contribution in [-0.2, 0) is 9.53 Å². The molecule has 0 aromatic heterocycles. The van der Waals surface area contributed by atoms with E-state index in [9.17, 15) is 4.79 Å². The van der Waals surface area contributed by atoms with Crippen LogP contribution in [0.2, 0.25) is 0 Å². The molecule has 3 N–H and O–H groups in total. The van der Waals surface area contributed by atoms with E-state index in [0.29, 0.717) is 36.4 Å². The highest BCUT2D eigenvalue weighted by molar-refractivity contribution is 5.85. The summed E-state index contributed by atoms with van der Waals surface area (Å²) in [4.78, 5) is 12.8. The second-order valence-electron chi connectivity index (χ2n) is 7.56. The average molecular weight is 331 g/mol. The molecule has 128 valence electrons. The first kappa shape index (κ1) is 18.0. The predicted octanol–water partition coefficient (Wildman–Crippen LogP) is 2.64. The van der Waals surface area contributed by atoms with Gasteiger partial charge in [-0.15, -0.1) is 12.4 Å². The Labute approximate surface area is 140 Å². The van der Waals surface area contributed by atoms with Crippen LogP contribution in [0.1, 0.15) is 57.8 Å². The number of hydrogen-bond acceptors (Lipinski definition) is 3. The van der Waals surface area contributed by atoms with Crippen LogP contribution < -0.4 is 11.1 Å². The van der Waals surface area contributed by atoms with Gasteiger partial charge in [0.15, 0.2) is 0 Å². The van der Waals surface area contributed by atoms with Crippen LogP contribution >= 0.6 is 12.4 Å². The van der Waals surface area contributed by atoms with E-state index in [1.165, 1.54) is 25.7 Å². The van der Waals surface area contributed by atoms with Crippen molar-refractivity contribution in [1.82, 2.24) is 5.32 Å². The third-order valence-corrected chi connectivity index (χ3v) is 6.25. The normalized spacial score (nSPS) is 35.9. The van der Waals surface area contributed by atoms with Crippen molar-refractivity contribution in [1.29, 1.82) is 0 Å². The van der Waals surface area contributed by atoms with Crippen LogP contribution in [0.4, 0.5) is 0 Å².